The minimum atomic E-state index is -0.478. The van der Waals surface area contributed by atoms with Gasteiger partial charge in [0.05, 0.1) is 16.6 Å². The lowest BCUT2D eigenvalue weighted by molar-refractivity contribution is -0.169. The first kappa shape index (κ1) is 15.5. The van der Waals surface area contributed by atoms with Crippen LogP contribution in [0.3, 0.4) is 0 Å². The molecule has 92 valence electrons. The van der Waals surface area contributed by atoms with Gasteiger partial charge in [0, 0.05) is 13.2 Å². The molecule has 0 fully saturated rings. The van der Waals surface area contributed by atoms with Crippen molar-refractivity contribution in [1.82, 2.24) is 10.4 Å². The standard InChI is InChI=1S/C8H10BrClN2O2.C2H6/c1-12(14-2)8(13)7-3-6(10)5(9)4-11-7;1-2/h3-4,7,11H,1-2H3;1-2H3. The van der Waals surface area contributed by atoms with E-state index in [-0.39, 0.29) is 5.91 Å². The van der Waals surface area contributed by atoms with Crippen molar-refractivity contribution in [3.8, 4) is 0 Å². The van der Waals surface area contributed by atoms with Crippen LogP contribution in [0.2, 0.25) is 0 Å². The first-order valence-corrected chi connectivity index (χ1v) is 6.04. The van der Waals surface area contributed by atoms with Crippen molar-refractivity contribution in [3.05, 3.63) is 21.8 Å². The Labute approximate surface area is 109 Å². The van der Waals surface area contributed by atoms with Gasteiger partial charge in [-0.15, -0.1) is 0 Å². The van der Waals surface area contributed by atoms with Crippen molar-refractivity contribution >= 4 is 33.4 Å². The minimum absolute atomic E-state index is 0.207. The molecular weight excluding hydrogens is 295 g/mol. The predicted molar refractivity (Wildman–Crippen MR) is 69.0 cm³/mol. The third-order valence-electron chi connectivity index (χ3n) is 1.78. The van der Waals surface area contributed by atoms with Crippen LogP contribution >= 0.6 is 27.5 Å². The molecule has 6 heteroatoms. The van der Waals surface area contributed by atoms with Crippen LogP contribution in [0.25, 0.3) is 0 Å². The summed E-state index contributed by atoms with van der Waals surface area (Å²) in [5.74, 6) is -0.207. The van der Waals surface area contributed by atoms with Crippen molar-refractivity contribution in [1.29, 1.82) is 0 Å². The number of dihydropyridines is 1. The highest BCUT2D eigenvalue weighted by molar-refractivity contribution is 9.12. The number of hydrogen-bond donors (Lipinski definition) is 1. The largest absolute Gasteiger partial charge is 0.375 e. The number of likely N-dealkylation sites (N-methyl/N-ethyl adjacent to an activating group) is 1. The minimum Gasteiger partial charge on any atom is -0.375 e. The number of allylic oxidation sites excluding steroid dienone is 2. The van der Waals surface area contributed by atoms with Gasteiger partial charge in [0.15, 0.2) is 0 Å². The molecule has 0 saturated carbocycles. The fourth-order valence-corrected chi connectivity index (χ4v) is 1.38. The number of carbonyl (C=O) groups is 1. The quantitative estimate of drug-likeness (QED) is 0.796. The molecule has 16 heavy (non-hydrogen) atoms. The number of carbonyl (C=O) groups excluding carboxylic acids is 1. The Morgan fingerprint density at radius 2 is 2.19 bits per heavy atom. The van der Waals surface area contributed by atoms with Gasteiger partial charge in [0.2, 0.25) is 0 Å². The summed E-state index contributed by atoms with van der Waals surface area (Å²) in [4.78, 5) is 16.3. The molecule has 1 unspecified atom stereocenters. The molecule has 4 nitrogen and oxygen atoms in total. The zero-order chi connectivity index (χ0) is 12.7. The van der Waals surface area contributed by atoms with Crippen molar-refractivity contribution in [2.24, 2.45) is 0 Å². The molecule has 1 rings (SSSR count). The molecular formula is C10H16BrClN2O2. The van der Waals surface area contributed by atoms with E-state index in [1.54, 1.807) is 19.3 Å². The maximum atomic E-state index is 11.6. The normalized spacial score (nSPS) is 18.5. The van der Waals surface area contributed by atoms with Gasteiger partial charge in [-0.25, -0.2) is 5.06 Å². The van der Waals surface area contributed by atoms with Crippen LogP contribution < -0.4 is 5.32 Å². The number of halogens is 2. The summed E-state index contributed by atoms with van der Waals surface area (Å²) in [6, 6.07) is -0.478. The molecule has 1 atom stereocenters. The Morgan fingerprint density at radius 3 is 2.62 bits per heavy atom. The van der Waals surface area contributed by atoms with Gasteiger partial charge in [0.25, 0.3) is 5.91 Å². The molecule has 1 N–H and O–H groups in total. The van der Waals surface area contributed by atoms with Crippen molar-refractivity contribution in [2.45, 2.75) is 19.9 Å². The molecule has 0 aromatic heterocycles. The number of hydroxylamine groups is 2. The molecule has 0 bridgehead atoms. The van der Waals surface area contributed by atoms with Crippen LogP contribution in [0.1, 0.15) is 13.8 Å². The number of amides is 1. The van der Waals surface area contributed by atoms with Crippen molar-refractivity contribution in [3.63, 3.8) is 0 Å². The lowest BCUT2D eigenvalue weighted by Gasteiger charge is -2.22. The fraction of sp³-hybridized carbons (Fsp3) is 0.500. The molecule has 0 spiro atoms. The summed E-state index contributed by atoms with van der Waals surface area (Å²) in [5.41, 5.74) is 0. The second-order valence-electron chi connectivity index (χ2n) is 2.67. The third-order valence-corrected chi connectivity index (χ3v) is 2.99. The summed E-state index contributed by atoms with van der Waals surface area (Å²) in [6.07, 6.45) is 3.25. The molecule has 1 amide bonds. The number of hydrogen-bond acceptors (Lipinski definition) is 3. The van der Waals surface area contributed by atoms with E-state index in [0.29, 0.717) is 5.03 Å². The smallest absolute Gasteiger partial charge is 0.272 e. The van der Waals surface area contributed by atoms with Crippen molar-refractivity contribution in [2.75, 3.05) is 14.2 Å². The lowest BCUT2D eigenvalue weighted by atomic mass is 10.2. The summed E-state index contributed by atoms with van der Waals surface area (Å²) in [6.45, 7) is 4.00. The Kier molecular flexibility index (Phi) is 7.45. The summed E-state index contributed by atoms with van der Waals surface area (Å²) in [5, 5.41) is 4.52. The average molecular weight is 312 g/mol. The van der Waals surface area contributed by atoms with Gasteiger partial charge in [-0.1, -0.05) is 25.4 Å². The van der Waals surface area contributed by atoms with E-state index >= 15 is 0 Å². The first-order chi connectivity index (χ1) is 7.56. The Bertz CT molecular complexity index is 305. The predicted octanol–water partition coefficient (Wildman–Crippen LogP) is 2.36. The van der Waals surface area contributed by atoms with E-state index in [1.807, 2.05) is 13.8 Å². The fourth-order valence-electron chi connectivity index (χ4n) is 0.934. The van der Waals surface area contributed by atoms with Gasteiger partial charge in [-0.05, 0) is 22.0 Å². The molecule has 1 heterocycles. The zero-order valence-corrected chi connectivity index (χ0v) is 12.1. The van der Waals surface area contributed by atoms with Crippen LogP contribution in [0.15, 0.2) is 21.8 Å². The number of nitrogens with zero attached hydrogens (tertiary/aromatic N) is 1. The Hall–Kier alpha value is -0.520. The van der Waals surface area contributed by atoms with E-state index in [4.69, 9.17) is 16.4 Å². The second kappa shape index (κ2) is 7.70. The Morgan fingerprint density at radius 1 is 1.62 bits per heavy atom. The average Bonchev–Trinajstić information content (AvgIpc) is 2.33. The molecule has 0 aromatic carbocycles. The maximum Gasteiger partial charge on any atom is 0.272 e. The summed E-state index contributed by atoms with van der Waals surface area (Å²) >= 11 is 9.07. The highest BCUT2D eigenvalue weighted by Crippen LogP contribution is 2.23. The van der Waals surface area contributed by atoms with Crippen LogP contribution in [0.4, 0.5) is 0 Å². The van der Waals surface area contributed by atoms with E-state index in [1.165, 1.54) is 7.11 Å². The zero-order valence-electron chi connectivity index (χ0n) is 9.75. The lowest BCUT2D eigenvalue weighted by Crippen LogP contribution is -2.42. The van der Waals surface area contributed by atoms with Gasteiger partial charge in [-0.2, -0.15) is 0 Å². The van der Waals surface area contributed by atoms with Gasteiger partial charge >= 0.3 is 0 Å². The molecule has 0 aliphatic carbocycles. The maximum absolute atomic E-state index is 11.6. The van der Waals surface area contributed by atoms with E-state index in [0.717, 1.165) is 9.55 Å². The molecule has 0 saturated heterocycles. The highest BCUT2D eigenvalue weighted by atomic mass is 79.9. The molecule has 0 radical (unpaired) electrons. The van der Waals surface area contributed by atoms with Gasteiger partial charge in [-0.3, -0.25) is 9.63 Å². The highest BCUT2D eigenvalue weighted by Gasteiger charge is 2.22. The van der Waals surface area contributed by atoms with E-state index < -0.39 is 6.04 Å². The molecule has 1 aliphatic rings. The van der Waals surface area contributed by atoms with Crippen molar-refractivity contribution < 1.29 is 9.63 Å². The Balaban J connectivity index is 0.00000106. The third kappa shape index (κ3) is 4.15. The van der Waals surface area contributed by atoms with Gasteiger partial charge in [0.1, 0.15) is 6.04 Å². The molecule has 0 aromatic rings. The second-order valence-corrected chi connectivity index (χ2v) is 3.93. The first-order valence-electron chi connectivity index (χ1n) is 4.87. The summed E-state index contributed by atoms with van der Waals surface area (Å²) in [7, 11) is 2.97. The van der Waals surface area contributed by atoms with Crippen LogP contribution in [0, 0.1) is 0 Å². The SMILES string of the molecule is CC.CON(C)C(=O)C1C=C(Cl)C(Br)=CN1. The van der Waals surface area contributed by atoms with E-state index in [9.17, 15) is 4.79 Å². The number of rotatable bonds is 2. The monoisotopic (exact) mass is 310 g/mol. The van der Waals surface area contributed by atoms with Crippen LogP contribution in [-0.2, 0) is 9.63 Å². The van der Waals surface area contributed by atoms with E-state index in [2.05, 4.69) is 21.2 Å². The van der Waals surface area contributed by atoms with Crippen LogP contribution in [0.5, 0.6) is 0 Å². The molecule has 1 aliphatic heterocycles. The summed E-state index contributed by atoms with van der Waals surface area (Å²) < 4.78 is 0.725. The number of nitrogens with one attached hydrogen (secondary N) is 1. The van der Waals surface area contributed by atoms with Gasteiger partial charge < -0.3 is 5.32 Å². The topological polar surface area (TPSA) is 41.6 Å². The van der Waals surface area contributed by atoms with Crippen LogP contribution in [-0.4, -0.2) is 31.2 Å².